The largest absolute Gasteiger partial charge is 0.457 e. The Hall–Kier alpha value is -4.32. The zero-order valence-electron chi connectivity index (χ0n) is 31.7. The summed E-state index contributed by atoms with van der Waals surface area (Å²) < 4.78 is 21.8. The second-order valence-electron chi connectivity index (χ2n) is 18.7. The highest BCUT2D eigenvalue weighted by atomic mass is 16.5. The second-order valence-corrected chi connectivity index (χ2v) is 18.7. The third-order valence-corrected chi connectivity index (χ3v) is 14.8. The zero-order chi connectivity index (χ0) is 36.2. The summed E-state index contributed by atoms with van der Waals surface area (Å²) in [4.78, 5) is 0. The second kappa shape index (κ2) is 12.1. The Labute approximate surface area is 314 Å². The smallest absolute Gasteiger partial charge is 0.177 e. The van der Waals surface area contributed by atoms with Crippen LogP contribution < -0.4 is 31.4 Å². The van der Waals surface area contributed by atoms with Gasteiger partial charge in [-0.15, -0.1) is 0 Å². The molecule has 8 saturated carbocycles. The lowest BCUT2D eigenvalue weighted by Gasteiger charge is -2.59. The van der Waals surface area contributed by atoms with Crippen molar-refractivity contribution >= 4 is 17.1 Å². The van der Waals surface area contributed by atoms with Crippen molar-refractivity contribution in [1.29, 1.82) is 0 Å². The zero-order valence-corrected chi connectivity index (χ0v) is 31.7. The van der Waals surface area contributed by atoms with Gasteiger partial charge in [-0.2, -0.15) is 0 Å². The maximum absolute atomic E-state index is 7.46. The van der Waals surface area contributed by atoms with E-state index in [0.29, 0.717) is 17.2 Å². The summed E-state index contributed by atoms with van der Waals surface area (Å²) >= 11 is 0. The first kappa shape index (κ1) is 33.3. The fraction of sp³-hybridized carbons (Fsp3) is 0.489. The summed E-state index contributed by atoms with van der Waals surface area (Å²) in [6, 6.07) is 20.6. The highest BCUT2D eigenvalue weighted by Gasteiger charge is 2.57. The first-order chi connectivity index (χ1) is 25.5. The van der Waals surface area contributed by atoms with Crippen molar-refractivity contribution in [3.05, 3.63) is 88.5 Å². The van der Waals surface area contributed by atoms with Crippen LogP contribution in [0.2, 0.25) is 0 Å². The van der Waals surface area contributed by atoms with Gasteiger partial charge in [-0.3, -0.25) is 0 Å². The molecular weight excluding hydrogens is 655 g/mol. The number of nitrogen functional groups attached to an aromatic ring is 3. The molecular formula is C47H55N3O3. The van der Waals surface area contributed by atoms with E-state index in [1.54, 1.807) is 0 Å². The summed E-state index contributed by atoms with van der Waals surface area (Å²) in [7, 11) is 0. The number of nitrogens with two attached hydrogens (primary N) is 3. The topological polar surface area (TPSA) is 106 Å². The van der Waals surface area contributed by atoms with Gasteiger partial charge in [0.1, 0.15) is 23.0 Å². The molecule has 0 radical (unpaired) electrons. The summed E-state index contributed by atoms with van der Waals surface area (Å²) in [5.41, 5.74) is 27.4. The van der Waals surface area contributed by atoms with Crippen LogP contribution in [0.1, 0.15) is 105 Å². The van der Waals surface area contributed by atoms with Crippen LogP contribution in [0, 0.1) is 56.3 Å². The van der Waals surface area contributed by atoms with Crippen LogP contribution in [0.4, 0.5) is 17.1 Å². The molecule has 0 aromatic heterocycles. The molecule has 6 heteroatoms. The molecule has 0 saturated heterocycles. The molecule has 0 heterocycles. The quantitative estimate of drug-likeness (QED) is 0.157. The van der Waals surface area contributed by atoms with E-state index >= 15 is 0 Å². The van der Waals surface area contributed by atoms with Crippen molar-refractivity contribution in [2.45, 2.75) is 109 Å². The maximum atomic E-state index is 7.46. The van der Waals surface area contributed by atoms with Gasteiger partial charge in [-0.05, 0) is 180 Å². The molecule has 4 aromatic carbocycles. The number of anilines is 3. The number of benzene rings is 4. The van der Waals surface area contributed by atoms with Crippen molar-refractivity contribution in [2.24, 2.45) is 35.5 Å². The van der Waals surface area contributed by atoms with Gasteiger partial charge in [-0.1, -0.05) is 18.2 Å². The Kier molecular flexibility index (Phi) is 7.59. The van der Waals surface area contributed by atoms with Gasteiger partial charge in [0.05, 0.1) is 0 Å². The van der Waals surface area contributed by atoms with Crippen molar-refractivity contribution in [1.82, 2.24) is 0 Å². The molecule has 0 amide bonds. The lowest BCUT2D eigenvalue weighted by molar-refractivity contribution is -0.0107. The lowest BCUT2D eigenvalue weighted by atomic mass is 9.46. The predicted molar refractivity (Wildman–Crippen MR) is 213 cm³/mol. The van der Waals surface area contributed by atoms with Gasteiger partial charge in [0, 0.05) is 51.8 Å². The Balaban J connectivity index is 1.26. The summed E-state index contributed by atoms with van der Waals surface area (Å²) in [6.45, 7) is 6.13. The van der Waals surface area contributed by atoms with E-state index in [1.807, 2.05) is 56.3 Å². The maximum Gasteiger partial charge on any atom is 0.177 e. The molecule has 8 aliphatic rings. The van der Waals surface area contributed by atoms with Crippen LogP contribution in [0.5, 0.6) is 34.5 Å². The normalized spacial score (nSPS) is 31.9. The number of rotatable bonds is 8. The van der Waals surface area contributed by atoms with Crippen molar-refractivity contribution in [3.63, 3.8) is 0 Å². The third-order valence-electron chi connectivity index (χ3n) is 14.8. The number of hydrogen-bond acceptors (Lipinski definition) is 6. The van der Waals surface area contributed by atoms with Gasteiger partial charge >= 0.3 is 0 Å². The molecule has 12 rings (SSSR count). The van der Waals surface area contributed by atoms with Crippen molar-refractivity contribution in [2.75, 3.05) is 17.2 Å². The molecule has 0 aliphatic heterocycles. The van der Waals surface area contributed by atoms with E-state index in [9.17, 15) is 0 Å². The van der Waals surface area contributed by atoms with Gasteiger partial charge in [-0.25, -0.2) is 0 Å². The van der Waals surface area contributed by atoms with Crippen LogP contribution in [0.25, 0.3) is 0 Å². The predicted octanol–water partition coefficient (Wildman–Crippen LogP) is 11.7. The number of aryl methyl sites for hydroxylation is 3. The average molecular weight is 710 g/mol. The van der Waals surface area contributed by atoms with E-state index in [0.717, 1.165) is 106 Å². The molecule has 53 heavy (non-hydrogen) atoms. The fourth-order valence-electron chi connectivity index (χ4n) is 13.0. The summed E-state index contributed by atoms with van der Waals surface area (Å²) in [5, 5.41) is 0. The SMILES string of the molecule is Cc1ccc(Oc2cc(C34CC5CC(CC(C5)C3)C4)c(Oc3ccc(C)c(N)c3)c(C34CC5CC(CC(C5)C3)C4)c2Oc2ccc(C)c(N)c2)cc1N. The molecule has 8 fully saturated rings. The van der Waals surface area contributed by atoms with Crippen molar-refractivity contribution in [3.8, 4) is 34.5 Å². The molecule has 6 nitrogen and oxygen atoms in total. The van der Waals surface area contributed by atoms with Crippen LogP contribution in [0.15, 0.2) is 60.7 Å². The van der Waals surface area contributed by atoms with Crippen LogP contribution in [-0.2, 0) is 10.8 Å². The van der Waals surface area contributed by atoms with E-state index in [2.05, 4.69) is 25.1 Å². The van der Waals surface area contributed by atoms with Gasteiger partial charge < -0.3 is 31.4 Å². The van der Waals surface area contributed by atoms with Gasteiger partial charge in [0.15, 0.2) is 11.5 Å². The van der Waals surface area contributed by atoms with Gasteiger partial charge in [0.2, 0.25) is 0 Å². The Morgan fingerprint density at radius 1 is 0.453 bits per heavy atom. The minimum absolute atomic E-state index is 0.0224. The molecule has 6 N–H and O–H groups in total. The highest BCUT2D eigenvalue weighted by molar-refractivity contribution is 5.67. The Morgan fingerprint density at radius 3 is 1.21 bits per heavy atom. The Bertz CT molecular complexity index is 2050. The molecule has 0 spiro atoms. The first-order valence-corrected chi connectivity index (χ1v) is 20.4. The molecule has 0 atom stereocenters. The van der Waals surface area contributed by atoms with Crippen LogP contribution in [-0.4, -0.2) is 0 Å². The highest BCUT2D eigenvalue weighted by Crippen LogP contribution is 2.68. The summed E-state index contributed by atoms with van der Waals surface area (Å²) in [5.74, 6) is 9.18. The molecule has 0 unspecified atom stereocenters. The first-order valence-electron chi connectivity index (χ1n) is 20.4. The molecule has 8 bridgehead atoms. The van der Waals surface area contributed by atoms with E-state index < -0.39 is 0 Å². The van der Waals surface area contributed by atoms with E-state index in [4.69, 9.17) is 31.4 Å². The monoisotopic (exact) mass is 709 g/mol. The summed E-state index contributed by atoms with van der Waals surface area (Å²) in [6.07, 6.45) is 15.2. The van der Waals surface area contributed by atoms with Gasteiger partial charge in [0.25, 0.3) is 0 Å². The standard InChI is InChI=1S/C47H55N3O3/c1-26-4-7-35(16-39(26)48)51-42-19-38(46-20-29-10-30(21-46)12-31(11-29)22-46)44(52-36-8-5-27(2)40(49)17-36)43(45(42)53-37-9-6-28(3)41(50)18-37)47-23-32-13-33(24-47)15-34(14-32)25-47/h4-9,16-19,29-34H,10-15,20-25,48-50H2,1-3H3. The minimum Gasteiger partial charge on any atom is -0.457 e. The lowest BCUT2D eigenvalue weighted by Crippen LogP contribution is -2.50. The van der Waals surface area contributed by atoms with Crippen LogP contribution in [0.3, 0.4) is 0 Å². The minimum atomic E-state index is -0.0887. The number of hydrogen-bond donors (Lipinski definition) is 3. The molecule has 4 aromatic rings. The van der Waals surface area contributed by atoms with Crippen LogP contribution >= 0.6 is 0 Å². The number of ether oxygens (including phenoxy) is 3. The average Bonchev–Trinajstić information content (AvgIpc) is 3.09. The Morgan fingerprint density at radius 2 is 0.811 bits per heavy atom. The van der Waals surface area contributed by atoms with E-state index in [1.165, 1.54) is 68.9 Å². The fourth-order valence-corrected chi connectivity index (χ4v) is 13.0. The molecule has 8 aliphatic carbocycles. The van der Waals surface area contributed by atoms with E-state index in [-0.39, 0.29) is 10.8 Å². The van der Waals surface area contributed by atoms with Crippen molar-refractivity contribution < 1.29 is 14.2 Å². The third kappa shape index (κ3) is 5.65. The molecule has 276 valence electrons.